The fourth-order valence-electron chi connectivity index (χ4n) is 7.02. The number of hydrogen-bond donors (Lipinski definition) is 4. The van der Waals surface area contributed by atoms with Gasteiger partial charge in [0.15, 0.2) is 0 Å². The van der Waals surface area contributed by atoms with Gasteiger partial charge >= 0.3 is 11.9 Å². The monoisotopic (exact) mass is 1100 g/mol. The first kappa shape index (κ1) is 67.9. The third kappa shape index (κ3) is 38.9. The standard InChI is InChI=1S/C51H86N6O20/c58-42(54-24-32-72-36-40-74-38-34-70-30-20-50(66)76-56-46(62)14-15-47(56)63)12-7-3-1-5-9-22-52-44(60)18-28-68-26-11-27-69-29-19-45(61)53-23-10-6-2-4-8-13-43(59)55-25-33-73-37-41-75-39-35-71-31-21-51(67)77-57-48(64)16-17-49(57)65/h1-41H2,(H,52,60)(H,53,61)(H,54,58)(H,55,59). The second-order valence-electron chi connectivity index (χ2n) is 17.8. The van der Waals surface area contributed by atoms with Crippen LogP contribution < -0.4 is 21.3 Å². The van der Waals surface area contributed by atoms with E-state index < -0.39 is 35.6 Å². The van der Waals surface area contributed by atoms with E-state index in [1.165, 1.54) is 0 Å². The fourth-order valence-corrected chi connectivity index (χ4v) is 7.02. The maximum atomic E-state index is 12.1. The number of amides is 8. The largest absolute Gasteiger partial charge is 0.381 e. The molecule has 2 rings (SSSR count). The van der Waals surface area contributed by atoms with Gasteiger partial charge < -0.3 is 68.8 Å². The van der Waals surface area contributed by atoms with Gasteiger partial charge in [-0.3, -0.25) is 38.4 Å². The lowest BCUT2D eigenvalue weighted by molar-refractivity contribution is -0.198. The SMILES string of the molecule is O=C(CCCCCCCNC(=O)CCOCCCOCCC(=O)NCCCCCCCC(=O)NCCOCCOCCOCCC(=O)ON1C(=O)CCC1=O)NCCOCCOCCOCCC(=O)ON1C(=O)CCC1=O. The van der Waals surface area contributed by atoms with Crippen molar-refractivity contribution in [3.8, 4) is 0 Å². The molecule has 440 valence electrons. The molecule has 2 aliphatic heterocycles. The van der Waals surface area contributed by atoms with Gasteiger partial charge in [0.1, 0.15) is 0 Å². The summed E-state index contributed by atoms with van der Waals surface area (Å²) in [6.07, 6.45) is 11.1. The van der Waals surface area contributed by atoms with Crippen molar-refractivity contribution in [3.63, 3.8) is 0 Å². The van der Waals surface area contributed by atoms with Gasteiger partial charge in [-0.25, -0.2) is 9.59 Å². The molecule has 0 spiro atoms. The molecular formula is C51H86N6O20. The molecule has 77 heavy (non-hydrogen) atoms. The van der Waals surface area contributed by atoms with Gasteiger partial charge in [-0.15, -0.1) is 10.1 Å². The molecule has 0 radical (unpaired) electrons. The molecule has 2 fully saturated rings. The molecule has 26 heteroatoms. The highest BCUT2D eigenvalue weighted by Crippen LogP contribution is 2.14. The maximum absolute atomic E-state index is 12.1. The number of unbranched alkanes of at least 4 members (excludes halogenated alkanes) is 8. The minimum atomic E-state index is -0.721. The molecule has 0 saturated carbocycles. The number of imide groups is 2. The molecule has 0 aliphatic carbocycles. The van der Waals surface area contributed by atoms with Crippen molar-refractivity contribution in [2.75, 3.05) is 132 Å². The highest BCUT2D eigenvalue weighted by molar-refractivity contribution is 6.02. The number of nitrogens with zero attached hydrogens (tertiary/aromatic N) is 2. The van der Waals surface area contributed by atoms with Crippen LogP contribution in [-0.2, 0) is 95.5 Å². The van der Waals surface area contributed by atoms with Gasteiger partial charge in [-0.2, -0.15) is 0 Å². The summed E-state index contributed by atoms with van der Waals surface area (Å²) in [6.45, 7) is 6.91. The van der Waals surface area contributed by atoms with E-state index >= 15 is 0 Å². The minimum absolute atomic E-state index is 0.0234. The average Bonchev–Trinajstić information content (AvgIpc) is 3.90. The van der Waals surface area contributed by atoms with Crippen molar-refractivity contribution in [1.29, 1.82) is 0 Å². The Hall–Kier alpha value is -5.22. The maximum Gasteiger partial charge on any atom is 0.335 e. The van der Waals surface area contributed by atoms with Crippen LogP contribution in [0.3, 0.4) is 0 Å². The van der Waals surface area contributed by atoms with E-state index in [2.05, 4.69) is 21.3 Å². The molecule has 4 N–H and O–H groups in total. The fraction of sp³-hybridized carbons (Fsp3) is 0.804. The summed E-state index contributed by atoms with van der Waals surface area (Å²) >= 11 is 0. The van der Waals surface area contributed by atoms with Crippen LogP contribution in [-0.4, -0.2) is 201 Å². The summed E-state index contributed by atoms with van der Waals surface area (Å²) in [5.41, 5.74) is 0. The molecule has 2 aliphatic rings. The Kier molecular flexibility index (Phi) is 41.3. The van der Waals surface area contributed by atoms with Gasteiger partial charge in [0.2, 0.25) is 23.6 Å². The third-order valence-electron chi connectivity index (χ3n) is 11.3. The lowest BCUT2D eigenvalue weighted by atomic mass is 10.1. The number of rotatable bonds is 52. The van der Waals surface area contributed by atoms with Crippen LogP contribution in [0.1, 0.15) is 135 Å². The van der Waals surface area contributed by atoms with Crippen molar-refractivity contribution in [2.24, 2.45) is 0 Å². The number of carbonyl (C=O) groups is 10. The molecule has 0 aromatic rings. The van der Waals surface area contributed by atoms with Crippen LogP contribution in [0.25, 0.3) is 0 Å². The molecule has 26 nitrogen and oxygen atoms in total. The number of carbonyl (C=O) groups excluding carboxylic acids is 10. The molecule has 2 heterocycles. The summed E-state index contributed by atoms with van der Waals surface area (Å²) < 4.78 is 43.3. The third-order valence-corrected chi connectivity index (χ3v) is 11.3. The first-order valence-corrected chi connectivity index (χ1v) is 27.3. The summed E-state index contributed by atoms with van der Waals surface area (Å²) in [4.78, 5) is 127. The predicted octanol–water partition coefficient (Wildman–Crippen LogP) is 1.43. The molecule has 0 unspecified atom stereocenters. The normalized spacial score (nSPS) is 13.4. The Morgan fingerprint density at radius 2 is 0.558 bits per heavy atom. The van der Waals surface area contributed by atoms with Crippen molar-refractivity contribution >= 4 is 59.2 Å². The Morgan fingerprint density at radius 3 is 0.935 bits per heavy atom. The second-order valence-corrected chi connectivity index (χ2v) is 17.8. The first-order chi connectivity index (χ1) is 37.5. The molecule has 0 aromatic carbocycles. The Balaban J connectivity index is 1.20. The molecule has 0 bridgehead atoms. The van der Waals surface area contributed by atoms with Gasteiger partial charge in [0.05, 0.1) is 105 Å². The van der Waals surface area contributed by atoms with Crippen LogP contribution in [0.4, 0.5) is 0 Å². The smallest absolute Gasteiger partial charge is 0.335 e. The zero-order chi connectivity index (χ0) is 55.8. The van der Waals surface area contributed by atoms with E-state index in [4.69, 9.17) is 47.6 Å². The first-order valence-electron chi connectivity index (χ1n) is 27.3. The number of nitrogens with one attached hydrogen (secondary N) is 4. The zero-order valence-electron chi connectivity index (χ0n) is 45.1. The van der Waals surface area contributed by atoms with Crippen LogP contribution in [0.15, 0.2) is 0 Å². The minimum Gasteiger partial charge on any atom is -0.381 e. The van der Waals surface area contributed by atoms with Crippen molar-refractivity contribution < 1.29 is 95.5 Å². The topological polar surface area (TPSA) is 318 Å². The van der Waals surface area contributed by atoms with Crippen molar-refractivity contribution in [1.82, 2.24) is 31.4 Å². The molecule has 0 aromatic heterocycles. The number of hydrogen-bond acceptors (Lipinski definition) is 20. The van der Waals surface area contributed by atoms with Crippen LogP contribution in [0.2, 0.25) is 0 Å². The van der Waals surface area contributed by atoms with Gasteiger partial charge in [0, 0.05) is 90.8 Å². The predicted molar refractivity (Wildman–Crippen MR) is 271 cm³/mol. The summed E-state index contributed by atoms with van der Waals surface area (Å²) in [5, 5.41) is 12.5. The molecule has 8 amide bonds. The van der Waals surface area contributed by atoms with Crippen LogP contribution in [0.5, 0.6) is 0 Å². The van der Waals surface area contributed by atoms with Crippen molar-refractivity contribution in [2.45, 2.75) is 135 Å². The van der Waals surface area contributed by atoms with Crippen molar-refractivity contribution in [3.05, 3.63) is 0 Å². The lowest BCUT2D eigenvalue weighted by Gasteiger charge is -2.12. The van der Waals surface area contributed by atoms with E-state index in [-0.39, 0.29) is 101 Å². The van der Waals surface area contributed by atoms with Gasteiger partial charge in [0.25, 0.3) is 23.6 Å². The summed E-state index contributed by atoms with van der Waals surface area (Å²) in [6, 6.07) is 0. The van der Waals surface area contributed by atoms with E-state index in [1.807, 2.05) is 0 Å². The Labute approximate surface area is 451 Å². The second kappa shape index (κ2) is 46.8. The highest BCUT2D eigenvalue weighted by atomic mass is 16.7. The van der Waals surface area contributed by atoms with E-state index in [0.29, 0.717) is 135 Å². The van der Waals surface area contributed by atoms with Crippen LogP contribution >= 0.6 is 0 Å². The Bertz CT molecular complexity index is 1570. The van der Waals surface area contributed by atoms with Gasteiger partial charge in [-0.05, 0) is 32.1 Å². The lowest BCUT2D eigenvalue weighted by Crippen LogP contribution is -2.32. The van der Waals surface area contributed by atoms with E-state index in [9.17, 15) is 47.9 Å². The molecule has 0 atom stereocenters. The zero-order valence-corrected chi connectivity index (χ0v) is 45.1. The van der Waals surface area contributed by atoms with E-state index in [0.717, 1.165) is 64.2 Å². The van der Waals surface area contributed by atoms with Gasteiger partial charge in [-0.1, -0.05) is 38.5 Å². The number of ether oxygens (including phenoxy) is 8. The average molecular weight is 1100 g/mol. The summed E-state index contributed by atoms with van der Waals surface area (Å²) in [7, 11) is 0. The van der Waals surface area contributed by atoms with Crippen LogP contribution in [0, 0.1) is 0 Å². The Morgan fingerprint density at radius 1 is 0.286 bits per heavy atom. The quantitative estimate of drug-likeness (QED) is 0.0494. The number of hydroxylamine groups is 4. The molecule has 2 saturated heterocycles. The van der Waals surface area contributed by atoms with E-state index in [1.54, 1.807) is 0 Å². The molecular weight excluding hydrogens is 1020 g/mol. The highest BCUT2D eigenvalue weighted by Gasteiger charge is 2.33. The summed E-state index contributed by atoms with van der Waals surface area (Å²) in [5.74, 6) is -3.71.